The highest BCUT2D eigenvalue weighted by Gasteiger charge is 2.33. The number of anilines is 1. The van der Waals surface area contributed by atoms with Gasteiger partial charge in [-0.15, -0.1) is 0 Å². The topological polar surface area (TPSA) is 58.6 Å². The molecule has 2 amide bonds. The van der Waals surface area contributed by atoms with E-state index in [4.69, 9.17) is 4.74 Å². The zero-order chi connectivity index (χ0) is 14.9. The van der Waals surface area contributed by atoms with E-state index in [1.54, 1.807) is 11.9 Å². The Morgan fingerprint density at radius 1 is 1.35 bits per heavy atom. The summed E-state index contributed by atoms with van der Waals surface area (Å²) in [6.07, 6.45) is -0.679. The van der Waals surface area contributed by atoms with Crippen LogP contribution in [-0.4, -0.2) is 31.5 Å². The van der Waals surface area contributed by atoms with Gasteiger partial charge in [-0.1, -0.05) is 32.9 Å². The average Bonchev–Trinajstić information content (AvgIpc) is 2.40. The van der Waals surface area contributed by atoms with Gasteiger partial charge in [0.05, 0.1) is 12.2 Å². The number of nitrogens with zero attached hydrogens (tertiary/aromatic N) is 1. The summed E-state index contributed by atoms with van der Waals surface area (Å²) < 4.78 is 5.67. The third-order valence-corrected chi connectivity index (χ3v) is 3.23. The first-order valence-electron chi connectivity index (χ1n) is 6.62. The van der Waals surface area contributed by atoms with Crippen LogP contribution in [-0.2, 0) is 9.59 Å². The molecule has 2 rings (SSSR count). The van der Waals surface area contributed by atoms with Crippen molar-refractivity contribution >= 4 is 17.5 Å². The molecule has 1 atom stereocenters. The molecule has 5 heteroatoms. The second-order valence-electron chi connectivity index (χ2n) is 5.93. The monoisotopic (exact) mass is 276 g/mol. The molecule has 0 saturated heterocycles. The SMILES string of the molecule is CN1C(=O)C(CNC(=O)C(C)(C)C)Oc2ccccc21. The lowest BCUT2D eigenvalue weighted by atomic mass is 9.95. The van der Waals surface area contributed by atoms with Crippen molar-refractivity contribution in [1.29, 1.82) is 0 Å². The number of carbonyl (C=O) groups excluding carboxylic acids is 2. The average molecular weight is 276 g/mol. The minimum Gasteiger partial charge on any atom is -0.477 e. The maximum Gasteiger partial charge on any atom is 0.269 e. The van der Waals surface area contributed by atoms with E-state index in [0.717, 1.165) is 5.69 Å². The molecule has 0 radical (unpaired) electrons. The van der Waals surface area contributed by atoms with Gasteiger partial charge in [-0.3, -0.25) is 9.59 Å². The third-order valence-electron chi connectivity index (χ3n) is 3.23. The largest absolute Gasteiger partial charge is 0.477 e. The number of para-hydroxylation sites is 2. The van der Waals surface area contributed by atoms with Crippen molar-refractivity contribution in [1.82, 2.24) is 5.32 Å². The first kappa shape index (κ1) is 14.4. The quantitative estimate of drug-likeness (QED) is 0.892. The maximum absolute atomic E-state index is 12.2. The van der Waals surface area contributed by atoms with Crippen LogP contribution < -0.4 is 15.0 Å². The summed E-state index contributed by atoms with van der Waals surface area (Å²) >= 11 is 0. The van der Waals surface area contributed by atoms with Crippen LogP contribution >= 0.6 is 0 Å². The molecule has 1 unspecified atom stereocenters. The van der Waals surface area contributed by atoms with E-state index in [1.807, 2.05) is 45.0 Å². The van der Waals surface area contributed by atoms with E-state index >= 15 is 0 Å². The molecule has 1 aliphatic rings. The highest BCUT2D eigenvalue weighted by Crippen LogP contribution is 2.32. The van der Waals surface area contributed by atoms with E-state index in [9.17, 15) is 9.59 Å². The van der Waals surface area contributed by atoms with Crippen LogP contribution in [0.15, 0.2) is 24.3 Å². The summed E-state index contributed by atoms with van der Waals surface area (Å²) in [6, 6.07) is 7.36. The summed E-state index contributed by atoms with van der Waals surface area (Å²) in [6.45, 7) is 5.65. The lowest BCUT2D eigenvalue weighted by molar-refractivity contribution is -0.130. The minimum atomic E-state index is -0.679. The fraction of sp³-hybridized carbons (Fsp3) is 0.467. The van der Waals surface area contributed by atoms with Crippen LogP contribution in [0, 0.1) is 5.41 Å². The first-order valence-corrected chi connectivity index (χ1v) is 6.62. The van der Waals surface area contributed by atoms with Crippen LogP contribution in [0.5, 0.6) is 5.75 Å². The maximum atomic E-state index is 12.2. The Labute approximate surface area is 118 Å². The molecule has 0 saturated carbocycles. The lowest BCUT2D eigenvalue weighted by Crippen LogP contribution is -2.50. The smallest absolute Gasteiger partial charge is 0.269 e. The van der Waals surface area contributed by atoms with Crippen molar-refractivity contribution in [3.8, 4) is 5.75 Å². The fourth-order valence-corrected chi connectivity index (χ4v) is 1.95. The van der Waals surface area contributed by atoms with Gasteiger partial charge in [0.2, 0.25) is 5.91 Å². The van der Waals surface area contributed by atoms with E-state index in [2.05, 4.69) is 5.32 Å². The van der Waals surface area contributed by atoms with Crippen molar-refractivity contribution in [2.24, 2.45) is 5.41 Å². The second-order valence-corrected chi connectivity index (χ2v) is 5.93. The van der Waals surface area contributed by atoms with E-state index < -0.39 is 11.5 Å². The number of rotatable bonds is 2. The lowest BCUT2D eigenvalue weighted by Gasteiger charge is -2.32. The predicted octanol–water partition coefficient (Wildman–Crippen LogP) is 1.57. The van der Waals surface area contributed by atoms with Crippen LogP contribution in [0.1, 0.15) is 20.8 Å². The van der Waals surface area contributed by atoms with Crippen LogP contribution in [0.4, 0.5) is 5.69 Å². The molecule has 0 fully saturated rings. The Morgan fingerprint density at radius 3 is 2.65 bits per heavy atom. The van der Waals surface area contributed by atoms with E-state index in [1.165, 1.54) is 0 Å². The molecule has 1 N–H and O–H groups in total. The van der Waals surface area contributed by atoms with Crippen molar-refractivity contribution < 1.29 is 14.3 Å². The van der Waals surface area contributed by atoms with Gasteiger partial charge in [0.15, 0.2) is 6.10 Å². The Balaban J connectivity index is 2.08. The predicted molar refractivity (Wildman–Crippen MR) is 76.7 cm³/mol. The number of hydrogen-bond donors (Lipinski definition) is 1. The second kappa shape index (κ2) is 5.15. The third kappa shape index (κ3) is 2.76. The number of likely N-dealkylation sites (N-methyl/N-ethyl adjacent to an activating group) is 1. The molecular formula is C15H20N2O3. The zero-order valence-electron chi connectivity index (χ0n) is 12.3. The molecule has 0 aromatic heterocycles. The Hall–Kier alpha value is -2.04. The zero-order valence-corrected chi connectivity index (χ0v) is 12.3. The highest BCUT2D eigenvalue weighted by molar-refractivity contribution is 6.00. The summed E-state index contributed by atoms with van der Waals surface area (Å²) in [5.74, 6) is 0.401. The van der Waals surface area contributed by atoms with E-state index in [-0.39, 0.29) is 18.4 Å². The number of benzene rings is 1. The van der Waals surface area contributed by atoms with Gasteiger partial charge in [-0.25, -0.2) is 0 Å². The number of amides is 2. The molecule has 20 heavy (non-hydrogen) atoms. The summed E-state index contributed by atoms with van der Waals surface area (Å²) in [7, 11) is 1.71. The molecule has 1 aromatic carbocycles. The Morgan fingerprint density at radius 2 is 2.00 bits per heavy atom. The normalized spacial score (nSPS) is 18.3. The van der Waals surface area contributed by atoms with Gasteiger partial charge < -0.3 is 15.0 Å². The molecule has 1 heterocycles. The summed E-state index contributed by atoms with van der Waals surface area (Å²) in [5, 5.41) is 2.76. The summed E-state index contributed by atoms with van der Waals surface area (Å²) in [4.78, 5) is 25.6. The molecule has 1 aromatic rings. The van der Waals surface area contributed by atoms with Crippen molar-refractivity contribution in [2.45, 2.75) is 26.9 Å². The molecule has 108 valence electrons. The molecular weight excluding hydrogens is 256 g/mol. The fourth-order valence-electron chi connectivity index (χ4n) is 1.95. The molecule has 0 aliphatic carbocycles. The molecule has 0 bridgehead atoms. The Kier molecular flexibility index (Phi) is 3.70. The standard InChI is InChI=1S/C15H20N2O3/c1-15(2,3)14(19)16-9-12-13(18)17(4)10-7-5-6-8-11(10)20-12/h5-8,12H,9H2,1-4H3,(H,16,19). The number of carbonyl (C=O) groups is 2. The van der Waals surface area contributed by atoms with Crippen LogP contribution in [0.25, 0.3) is 0 Å². The molecule has 5 nitrogen and oxygen atoms in total. The van der Waals surface area contributed by atoms with Crippen molar-refractivity contribution in [3.05, 3.63) is 24.3 Å². The van der Waals surface area contributed by atoms with Gasteiger partial charge in [0.1, 0.15) is 5.75 Å². The highest BCUT2D eigenvalue weighted by atomic mass is 16.5. The first-order chi connectivity index (χ1) is 9.30. The van der Waals surface area contributed by atoms with Gasteiger partial charge in [0.25, 0.3) is 5.91 Å². The van der Waals surface area contributed by atoms with Gasteiger partial charge in [-0.2, -0.15) is 0 Å². The number of nitrogens with one attached hydrogen (secondary N) is 1. The number of fused-ring (bicyclic) bond motifs is 1. The van der Waals surface area contributed by atoms with Gasteiger partial charge in [0, 0.05) is 12.5 Å². The summed E-state index contributed by atoms with van der Waals surface area (Å²) in [5.41, 5.74) is 0.262. The van der Waals surface area contributed by atoms with Crippen molar-refractivity contribution in [3.63, 3.8) is 0 Å². The van der Waals surface area contributed by atoms with E-state index in [0.29, 0.717) is 5.75 Å². The number of ether oxygens (including phenoxy) is 1. The van der Waals surface area contributed by atoms with Gasteiger partial charge >= 0.3 is 0 Å². The van der Waals surface area contributed by atoms with Gasteiger partial charge in [-0.05, 0) is 12.1 Å². The molecule has 1 aliphatic heterocycles. The Bertz CT molecular complexity index is 534. The van der Waals surface area contributed by atoms with Crippen LogP contribution in [0.3, 0.4) is 0 Å². The molecule has 0 spiro atoms. The number of hydrogen-bond acceptors (Lipinski definition) is 3. The minimum absolute atomic E-state index is 0.101. The van der Waals surface area contributed by atoms with Crippen molar-refractivity contribution in [2.75, 3.05) is 18.5 Å². The van der Waals surface area contributed by atoms with Crippen LogP contribution in [0.2, 0.25) is 0 Å².